The Bertz CT molecular complexity index is 1390. The second-order valence-corrected chi connectivity index (χ2v) is 8.65. The maximum atomic E-state index is 13.3. The summed E-state index contributed by atoms with van der Waals surface area (Å²) < 4.78 is 5.11. The van der Waals surface area contributed by atoms with E-state index >= 15 is 0 Å². The minimum Gasteiger partial charge on any atom is -0.507 e. The van der Waals surface area contributed by atoms with Gasteiger partial charge in [0.25, 0.3) is 17.4 Å². The highest BCUT2D eigenvalue weighted by Crippen LogP contribution is 2.44. The summed E-state index contributed by atoms with van der Waals surface area (Å²) >= 11 is 0. The number of rotatable bonds is 6. The zero-order valence-corrected chi connectivity index (χ0v) is 19.8. The van der Waals surface area contributed by atoms with Crippen molar-refractivity contribution < 1.29 is 29.5 Å². The highest BCUT2D eigenvalue weighted by Gasteiger charge is 2.47. The van der Waals surface area contributed by atoms with Gasteiger partial charge in [0.05, 0.1) is 23.6 Å². The van der Waals surface area contributed by atoms with Gasteiger partial charge in [0.15, 0.2) is 11.5 Å². The van der Waals surface area contributed by atoms with Crippen LogP contribution >= 0.6 is 0 Å². The lowest BCUT2D eigenvalue weighted by molar-refractivity contribution is -0.384. The molecule has 1 unspecified atom stereocenters. The maximum Gasteiger partial charge on any atom is 0.300 e. The molecule has 3 aromatic rings. The second-order valence-electron chi connectivity index (χ2n) is 8.65. The average Bonchev–Trinajstić information content (AvgIpc) is 3.13. The Morgan fingerprint density at radius 1 is 1.06 bits per heavy atom. The minimum atomic E-state index is -1.11. The number of ether oxygens (including phenoxy) is 1. The third-order valence-electron chi connectivity index (χ3n) is 6.13. The van der Waals surface area contributed by atoms with Gasteiger partial charge in [0.2, 0.25) is 0 Å². The number of amides is 1. The van der Waals surface area contributed by atoms with Gasteiger partial charge in [0.1, 0.15) is 5.76 Å². The summed E-state index contributed by atoms with van der Waals surface area (Å²) in [4.78, 5) is 38.4. The van der Waals surface area contributed by atoms with E-state index in [2.05, 4.69) is 0 Å². The Hall–Kier alpha value is -4.66. The number of aliphatic hydroxyl groups is 1. The maximum absolute atomic E-state index is 13.3. The first-order chi connectivity index (χ1) is 17.1. The van der Waals surface area contributed by atoms with Crippen molar-refractivity contribution in [3.8, 4) is 11.5 Å². The highest BCUT2D eigenvalue weighted by molar-refractivity contribution is 6.51. The smallest absolute Gasteiger partial charge is 0.300 e. The predicted molar refractivity (Wildman–Crippen MR) is 133 cm³/mol. The van der Waals surface area contributed by atoms with Crippen molar-refractivity contribution in [3.63, 3.8) is 0 Å². The van der Waals surface area contributed by atoms with Gasteiger partial charge < -0.3 is 14.9 Å². The van der Waals surface area contributed by atoms with Gasteiger partial charge in [-0.1, -0.05) is 44.2 Å². The fourth-order valence-electron chi connectivity index (χ4n) is 4.23. The lowest BCUT2D eigenvalue weighted by Gasteiger charge is -2.26. The number of methoxy groups -OCH3 is 1. The van der Waals surface area contributed by atoms with Crippen molar-refractivity contribution in [2.45, 2.75) is 25.8 Å². The van der Waals surface area contributed by atoms with Crippen molar-refractivity contribution in [1.82, 2.24) is 0 Å². The Morgan fingerprint density at radius 2 is 1.75 bits per heavy atom. The molecule has 0 aromatic heterocycles. The molecule has 1 aliphatic heterocycles. The zero-order valence-electron chi connectivity index (χ0n) is 19.8. The fraction of sp³-hybridized carbons (Fsp3) is 0.185. The number of Topliss-reactive ketones (excluding diaryl/α,β-unsaturated/α-hetero) is 1. The molecule has 9 heteroatoms. The minimum absolute atomic E-state index is 0.0140. The number of aliphatic hydroxyl groups excluding tert-OH is 1. The van der Waals surface area contributed by atoms with Gasteiger partial charge in [-0.2, -0.15) is 0 Å². The molecule has 9 nitrogen and oxygen atoms in total. The molecule has 0 spiro atoms. The number of phenols is 1. The van der Waals surface area contributed by atoms with Crippen LogP contribution in [-0.4, -0.2) is 33.9 Å². The van der Waals surface area contributed by atoms with Crippen LogP contribution in [0, 0.1) is 10.1 Å². The van der Waals surface area contributed by atoms with Gasteiger partial charge >= 0.3 is 0 Å². The number of aromatic hydroxyl groups is 1. The molecule has 36 heavy (non-hydrogen) atoms. The van der Waals surface area contributed by atoms with Crippen molar-refractivity contribution >= 4 is 28.8 Å². The molecule has 2 N–H and O–H groups in total. The van der Waals surface area contributed by atoms with E-state index in [1.807, 2.05) is 26.0 Å². The molecular formula is C27H24N2O7. The van der Waals surface area contributed by atoms with Crippen LogP contribution in [0.3, 0.4) is 0 Å². The topological polar surface area (TPSA) is 130 Å². The molecule has 184 valence electrons. The van der Waals surface area contributed by atoms with Gasteiger partial charge in [-0.25, -0.2) is 0 Å². The summed E-state index contributed by atoms with van der Waals surface area (Å²) in [6.45, 7) is 4.06. The average molecular weight is 488 g/mol. The summed E-state index contributed by atoms with van der Waals surface area (Å²) in [7, 11) is 1.39. The lowest BCUT2D eigenvalue weighted by Crippen LogP contribution is -2.29. The van der Waals surface area contributed by atoms with E-state index in [1.165, 1.54) is 42.3 Å². The van der Waals surface area contributed by atoms with E-state index in [-0.39, 0.29) is 34.2 Å². The molecule has 1 atom stereocenters. The molecule has 1 saturated heterocycles. The lowest BCUT2D eigenvalue weighted by atomic mass is 9.94. The quantitative estimate of drug-likeness (QED) is 0.163. The summed E-state index contributed by atoms with van der Waals surface area (Å²) in [5.74, 6) is -2.16. The van der Waals surface area contributed by atoms with Crippen LogP contribution in [0.2, 0.25) is 0 Å². The molecule has 1 amide bonds. The number of hydrogen-bond donors (Lipinski definition) is 2. The normalized spacial score (nSPS) is 17.0. The number of carbonyl (C=O) groups is 2. The predicted octanol–water partition coefficient (Wildman–Crippen LogP) is 5.06. The number of non-ortho nitro benzene ring substituents is 1. The largest absolute Gasteiger partial charge is 0.507 e. The molecular weight excluding hydrogens is 464 g/mol. The van der Waals surface area contributed by atoms with Crippen molar-refractivity contribution in [2.24, 2.45) is 0 Å². The van der Waals surface area contributed by atoms with Gasteiger partial charge in [-0.3, -0.25) is 24.6 Å². The number of carbonyl (C=O) groups excluding carboxylic acids is 2. The Labute approximate surface area is 207 Å². The molecule has 1 fully saturated rings. The molecule has 1 heterocycles. The Kier molecular flexibility index (Phi) is 6.48. The van der Waals surface area contributed by atoms with E-state index in [9.17, 15) is 29.9 Å². The van der Waals surface area contributed by atoms with Gasteiger partial charge in [0, 0.05) is 23.4 Å². The number of phenolic OH excluding ortho intramolecular Hbond substituents is 1. The molecule has 4 rings (SSSR count). The van der Waals surface area contributed by atoms with Crippen LogP contribution in [0.4, 0.5) is 11.4 Å². The van der Waals surface area contributed by atoms with Gasteiger partial charge in [-0.15, -0.1) is 0 Å². The fourth-order valence-corrected chi connectivity index (χ4v) is 4.23. The number of nitro groups is 1. The van der Waals surface area contributed by atoms with Gasteiger partial charge in [-0.05, 0) is 41.3 Å². The summed E-state index contributed by atoms with van der Waals surface area (Å²) in [5.41, 5.74) is 1.27. The summed E-state index contributed by atoms with van der Waals surface area (Å²) in [5, 5.41) is 32.8. The van der Waals surface area contributed by atoms with Crippen molar-refractivity contribution in [2.75, 3.05) is 12.0 Å². The molecule has 1 aliphatic rings. The van der Waals surface area contributed by atoms with Crippen LogP contribution in [0.5, 0.6) is 11.5 Å². The van der Waals surface area contributed by atoms with E-state index < -0.39 is 28.4 Å². The number of benzene rings is 3. The van der Waals surface area contributed by atoms with Crippen LogP contribution in [0.15, 0.2) is 72.3 Å². The zero-order chi connectivity index (χ0) is 26.1. The van der Waals surface area contributed by atoms with Crippen LogP contribution in [0.25, 0.3) is 5.76 Å². The number of hydrogen-bond acceptors (Lipinski definition) is 7. The van der Waals surface area contributed by atoms with E-state index in [1.54, 1.807) is 18.2 Å². The van der Waals surface area contributed by atoms with E-state index in [0.29, 0.717) is 11.3 Å². The SMILES string of the molecule is COc1ccc(C2/C(=C(/O)c3cccc([N+](=O)[O-])c3)C(=O)C(=O)N2c2ccc(C(C)C)cc2)cc1O. The Balaban J connectivity index is 1.94. The number of nitro benzene ring substituents is 1. The van der Waals surface area contributed by atoms with Crippen LogP contribution in [-0.2, 0) is 9.59 Å². The molecule has 0 radical (unpaired) electrons. The second kappa shape index (κ2) is 9.53. The summed E-state index contributed by atoms with van der Waals surface area (Å²) in [6, 6.07) is 15.6. The molecule has 3 aromatic carbocycles. The third kappa shape index (κ3) is 4.26. The first kappa shape index (κ1) is 24.5. The monoisotopic (exact) mass is 488 g/mol. The van der Waals surface area contributed by atoms with Crippen LogP contribution < -0.4 is 9.64 Å². The number of anilines is 1. The Morgan fingerprint density at radius 3 is 2.33 bits per heavy atom. The number of nitrogens with zero attached hydrogens (tertiary/aromatic N) is 2. The molecule has 0 aliphatic carbocycles. The standard InChI is InChI=1S/C27H24N2O7/c1-15(2)16-7-10-19(11-8-16)28-24(17-9-12-22(36-3)21(30)14-17)23(26(32)27(28)33)25(31)18-5-4-6-20(13-18)29(34)35/h4-15,24,30-31H,1-3H3/b25-23-. The highest BCUT2D eigenvalue weighted by atomic mass is 16.6. The van der Waals surface area contributed by atoms with Crippen molar-refractivity contribution in [1.29, 1.82) is 0 Å². The van der Waals surface area contributed by atoms with Crippen molar-refractivity contribution in [3.05, 3.63) is 99.1 Å². The van der Waals surface area contributed by atoms with E-state index in [0.717, 1.165) is 11.6 Å². The van der Waals surface area contributed by atoms with E-state index in [4.69, 9.17) is 4.74 Å². The first-order valence-electron chi connectivity index (χ1n) is 11.2. The molecule has 0 bridgehead atoms. The number of ketones is 1. The first-order valence-corrected chi connectivity index (χ1v) is 11.2. The third-order valence-corrected chi connectivity index (χ3v) is 6.13. The summed E-state index contributed by atoms with van der Waals surface area (Å²) in [6.07, 6.45) is 0. The molecule has 0 saturated carbocycles. The van der Waals surface area contributed by atoms with Crippen LogP contribution in [0.1, 0.15) is 42.5 Å².